The summed E-state index contributed by atoms with van der Waals surface area (Å²) in [6.07, 6.45) is 0.729. The van der Waals surface area contributed by atoms with E-state index in [4.69, 9.17) is 5.11 Å². The largest absolute Gasteiger partial charge is 0.481 e. The van der Waals surface area contributed by atoms with Crippen molar-refractivity contribution >= 4 is 17.6 Å². The second-order valence-corrected chi connectivity index (χ2v) is 3.91. The second kappa shape index (κ2) is 3.96. The summed E-state index contributed by atoms with van der Waals surface area (Å²) in [4.78, 5) is 22.3. The van der Waals surface area contributed by atoms with Gasteiger partial charge in [0.05, 0.1) is 12.3 Å². The fourth-order valence-electron chi connectivity index (χ4n) is 1.97. The van der Waals surface area contributed by atoms with E-state index in [-0.39, 0.29) is 12.3 Å². The van der Waals surface area contributed by atoms with Gasteiger partial charge >= 0.3 is 5.97 Å². The van der Waals surface area contributed by atoms with E-state index in [9.17, 15) is 9.59 Å². The second-order valence-electron chi connectivity index (χ2n) is 3.91. The topological polar surface area (TPSA) is 66.4 Å². The van der Waals surface area contributed by atoms with Gasteiger partial charge in [-0.05, 0) is 23.6 Å². The number of rotatable bonds is 3. The van der Waals surface area contributed by atoms with Crippen molar-refractivity contribution in [2.45, 2.75) is 25.7 Å². The minimum absolute atomic E-state index is 0.147. The molecule has 84 valence electrons. The number of hydrogen-bond acceptors (Lipinski definition) is 2. The van der Waals surface area contributed by atoms with Gasteiger partial charge in [-0.2, -0.15) is 0 Å². The van der Waals surface area contributed by atoms with Crippen molar-refractivity contribution in [3.05, 3.63) is 29.3 Å². The van der Waals surface area contributed by atoms with Gasteiger partial charge in [-0.3, -0.25) is 9.59 Å². The SMILES string of the molecule is CCc1ccc2c(c1)C(CC(=O)O)C(=O)N2. The standard InChI is InChI=1S/C12H13NO3/c1-2-7-3-4-10-8(5-7)9(6-11(14)15)12(16)13-10/h3-5,9H,2,6H2,1H3,(H,13,16)(H,14,15). The Balaban J connectivity index is 2.37. The van der Waals surface area contributed by atoms with Gasteiger partial charge in [0.1, 0.15) is 0 Å². The minimum atomic E-state index is -0.949. The van der Waals surface area contributed by atoms with Gasteiger partial charge in [0.15, 0.2) is 0 Å². The number of carboxylic acids is 1. The Morgan fingerprint density at radius 1 is 1.50 bits per heavy atom. The number of benzene rings is 1. The van der Waals surface area contributed by atoms with Crippen LogP contribution < -0.4 is 5.32 Å². The first-order valence-electron chi connectivity index (χ1n) is 5.27. The Labute approximate surface area is 93.3 Å². The van der Waals surface area contributed by atoms with Crippen molar-refractivity contribution in [1.29, 1.82) is 0 Å². The molecule has 4 heteroatoms. The molecular formula is C12H13NO3. The number of aliphatic carboxylic acids is 1. The summed E-state index contributed by atoms with van der Waals surface area (Å²) in [6, 6.07) is 5.71. The summed E-state index contributed by atoms with van der Waals surface area (Å²) < 4.78 is 0. The molecular weight excluding hydrogens is 206 g/mol. The first-order valence-corrected chi connectivity index (χ1v) is 5.27. The van der Waals surface area contributed by atoms with Crippen LogP contribution in [0.1, 0.15) is 30.4 Å². The van der Waals surface area contributed by atoms with Crippen LogP contribution in [0.5, 0.6) is 0 Å². The zero-order valence-electron chi connectivity index (χ0n) is 8.99. The molecule has 0 saturated carbocycles. The van der Waals surface area contributed by atoms with Crippen LogP contribution in [0, 0.1) is 0 Å². The van der Waals surface area contributed by atoms with Crippen LogP contribution in [-0.4, -0.2) is 17.0 Å². The zero-order chi connectivity index (χ0) is 11.7. The Morgan fingerprint density at radius 2 is 2.25 bits per heavy atom. The van der Waals surface area contributed by atoms with Crippen LogP contribution >= 0.6 is 0 Å². The lowest BCUT2D eigenvalue weighted by Gasteiger charge is -2.06. The van der Waals surface area contributed by atoms with E-state index >= 15 is 0 Å². The molecule has 0 spiro atoms. The normalized spacial score (nSPS) is 18.1. The monoisotopic (exact) mass is 219 g/mol. The number of nitrogens with one attached hydrogen (secondary N) is 1. The number of carbonyl (C=O) groups is 2. The lowest BCUT2D eigenvalue weighted by atomic mass is 9.95. The highest BCUT2D eigenvalue weighted by Crippen LogP contribution is 2.35. The summed E-state index contributed by atoms with van der Waals surface area (Å²) in [7, 11) is 0. The number of carbonyl (C=O) groups excluding carboxylic acids is 1. The summed E-state index contributed by atoms with van der Waals surface area (Å²) in [5.41, 5.74) is 2.67. The van der Waals surface area contributed by atoms with E-state index in [2.05, 4.69) is 5.32 Å². The molecule has 0 aliphatic carbocycles. The van der Waals surface area contributed by atoms with Gasteiger partial charge in [0.25, 0.3) is 0 Å². The number of fused-ring (bicyclic) bond motifs is 1. The lowest BCUT2D eigenvalue weighted by molar-refractivity contribution is -0.138. The summed E-state index contributed by atoms with van der Waals surface area (Å²) >= 11 is 0. The van der Waals surface area contributed by atoms with Gasteiger partial charge in [-0.1, -0.05) is 19.1 Å². The van der Waals surface area contributed by atoms with Crippen molar-refractivity contribution < 1.29 is 14.7 Å². The number of anilines is 1. The van der Waals surface area contributed by atoms with Crippen LogP contribution in [-0.2, 0) is 16.0 Å². The molecule has 0 aromatic heterocycles. The molecule has 1 atom stereocenters. The van der Waals surface area contributed by atoms with Gasteiger partial charge < -0.3 is 10.4 Å². The van der Waals surface area contributed by atoms with Crippen molar-refractivity contribution in [3.63, 3.8) is 0 Å². The van der Waals surface area contributed by atoms with E-state index in [1.807, 2.05) is 25.1 Å². The van der Waals surface area contributed by atoms with E-state index in [0.29, 0.717) is 0 Å². The maximum absolute atomic E-state index is 11.6. The number of carboxylic acid groups (broad SMARTS) is 1. The third-order valence-corrected chi connectivity index (χ3v) is 2.85. The Morgan fingerprint density at radius 3 is 2.88 bits per heavy atom. The Bertz CT molecular complexity index is 454. The Kier molecular flexibility index (Phi) is 2.64. The summed E-state index contributed by atoms with van der Waals surface area (Å²) in [5.74, 6) is -1.71. The average Bonchev–Trinajstić information content (AvgIpc) is 2.54. The Hall–Kier alpha value is -1.84. The molecule has 0 saturated heterocycles. The predicted octanol–water partition coefficient (Wildman–Crippen LogP) is 1.76. The van der Waals surface area contributed by atoms with Gasteiger partial charge in [-0.25, -0.2) is 0 Å². The molecule has 1 aromatic carbocycles. The first kappa shape index (κ1) is 10.7. The number of aryl methyl sites for hydroxylation is 1. The molecule has 0 fully saturated rings. The van der Waals surface area contributed by atoms with E-state index in [1.54, 1.807) is 0 Å². The third kappa shape index (κ3) is 1.78. The number of hydrogen-bond donors (Lipinski definition) is 2. The van der Waals surface area contributed by atoms with Crippen molar-refractivity contribution in [2.24, 2.45) is 0 Å². The molecule has 2 rings (SSSR count). The molecule has 0 bridgehead atoms. The van der Waals surface area contributed by atoms with Crippen LogP contribution in [0.25, 0.3) is 0 Å². The van der Waals surface area contributed by atoms with Gasteiger partial charge in [0, 0.05) is 5.69 Å². The van der Waals surface area contributed by atoms with Crippen LogP contribution in [0.4, 0.5) is 5.69 Å². The molecule has 1 aromatic rings. The van der Waals surface area contributed by atoms with Gasteiger partial charge in [0.2, 0.25) is 5.91 Å². The van der Waals surface area contributed by atoms with Crippen molar-refractivity contribution in [1.82, 2.24) is 0 Å². The van der Waals surface area contributed by atoms with E-state index in [0.717, 1.165) is 23.2 Å². The fraction of sp³-hybridized carbons (Fsp3) is 0.333. The molecule has 4 nitrogen and oxygen atoms in total. The predicted molar refractivity (Wildman–Crippen MR) is 59.4 cm³/mol. The van der Waals surface area contributed by atoms with Crippen LogP contribution in [0.15, 0.2) is 18.2 Å². The zero-order valence-corrected chi connectivity index (χ0v) is 8.99. The summed E-state index contributed by atoms with van der Waals surface area (Å²) in [5, 5.41) is 11.5. The molecule has 2 N–H and O–H groups in total. The molecule has 0 radical (unpaired) electrons. The molecule has 1 heterocycles. The van der Waals surface area contributed by atoms with Crippen molar-refractivity contribution in [2.75, 3.05) is 5.32 Å². The maximum Gasteiger partial charge on any atom is 0.304 e. The first-order chi connectivity index (χ1) is 7.61. The highest BCUT2D eigenvalue weighted by atomic mass is 16.4. The quantitative estimate of drug-likeness (QED) is 0.814. The molecule has 1 amide bonds. The van der Waals surface area contributed by atoms with E-state index in [1.165, 1.54) is 0 Å². The molecule has 1 aliphatic rings. The highest BCUT2D eigenvalue weighted by molar-refractivity contribution is 6.04. The summed E-state index contributed by atoms with van der Waals surface area (Å²) in [6.45, 7) is 2.03. The highest BCUT2D eigenvalue weighted by Gasteiger charge is 2.32. The molecule has 1 unspecified atom stereocenters. The van der Waals surface area contributed by atoms with E-state index < -0.39 is 11.9 Å². The number of amides is 1. The smallest absolute Gasteiger partial charge is 0.304 e. The molecule has 1 aliphatic heterocycles. The third-order valence-electron chi connectivity index (χ3n) is 2.85. The van der Waals surface area contributed by atoms with Crippen molar-refractivity contribution in [3.8, 4) is 0 Å². The average molecular weight is 219 g/mol. The lowest BCUT2D eigenvalue weighted by Crippen LogP contribution is -2.15. The van der Waals surface area contributed by atoms with Crippen LogP contribution in [0.2, 0.25) is 0 Å². The molecule has 16 heavy (non-hydrogen) atoms. The maximum atomic E-state index is 11.6. The van der Waals surface area contributed by atoms with Gasteiger partial charge in [-0.15, -0.1) is 0 Å². The van der Waals surface area contributed by atoms with Crippen LogP contribution in [0.3, 0.4) is 0 Å². The fourth-order valence-corrected chi connectivity index (χ4v) is 1.97. The minimum Gasteiger partial charge on any atom is -0.481 e.